The molecule has 0 spiro atoms. The van der Waals surface area contributed by atoms with E-state index in [1.54, 1.807) is 30.5 Å². The van der Waals surface area contributed by atoms with E-state index >= 15 is 0 Å². The summed E-state index contributed by atoms with van der Waals surface area (Å²) < 4.78 is 11.1. The van der Waals surface area contributed by atoms with E-state index in [1.165, 1.54) is 6.92 Å². The van der Waals surface area contributed by atoms with Crippen molar-refractivity contribution in [3.05, 3.63) is 58.8 Å². The molecule has 1 N–H and O–H groups in total. The first-order chi connectivity index (χ1) is 14.0. The number of carbonyl (C=O) groups excluding carboxylic acids is 2. The van der Waals surface area contributed by atoms with Crippen molar-refractivity contribution in [1.29, 1.82) is 0 Å². The number of nitrogens with one attached hydrogen (secondary N) is 1. The molecule has 1 atom stereocenters. The Bertz CT molecular complexity index is 918. The molecule has 0 saturated heterocycles. The molecule has 1 aromatic carbocycles. The Balaban J connectivity index is 1.98. The molecule has 0 aliphatic carbocycles. The number of amides is 1. The first-order valence-corrected chi connectivity index (χ1v) is 9.99. The lowest BCUT2D eigenvalue weighted by Gasteiger charge is -2.19. The third kappa shape index (κ3) is 8.25. The Morgan fingerprint density at radius 2 is 1.97 bits per heavy atom. The van der Waals surface area contributed by atoms with Gasteiger partial charge in [0.15, 0.2) is 0 Å². The summed E-state index contributed by atoms with van der Waals surface area (Å²) >= 11 is 6.30. The molecule has 6 nitrogen and oxygen atoms in total. The summed E-state index contributed by atoms with van der Waals surface area (Å²) in [5.74, 6) is 0.442. The summed E-state index contributed by atoms with van der Waals surface area (Å²) in [4.78, 5) is 27.3. The van der Waals surface area contributed by atoms with Crippen LogP contribution in [0.1, 0.15) is 45.7 Å². The van der Waals surface area contributed by atoms with Crippen LogP contribution in [0.4, 0.5) is 0 Å². The molecule has 0 radical (unpaired) electrons. The van der Waals surface area contributed by atoms with Gasteiger partial charge in [-0.1, -0.05) is 29.8 Å². The maximum Gasteiger partial charge on any atom is 0.310 e. The Morgan fingerprint density at radius 3 is 2.53 bits per heavy atom. The lowest BCUT2D eigenvalue weighted by molar-refractivity contribution is -0.153. The monoisotopic (exact) mass is 430 g/mol. The highest BCUT2D eigenvalue weighted by atomic mass is 35.5. The number of rotatable bonds is 7. The van der Waals surface area contributed by atoms with Crippen molar-refractivity contribution in [2.45, 2.75) is 52.7 Å². The molecule has 0 saturated carbocycles. The molecule has 0 bridgehead atoms. The Labute approximate surface area is 182 Å². The van der Waals surface area contributed by atoms with Gasteiger partial charge in [0.1, 0.15) is 11.4 Å². The maximum absolute atomic E-state index is 12.0. The van der Waals surface area contributed by atoms with Gasteiger partial charge in [0.05, 0.1) is 11.4 Å². The summed E-state index contributed by atoms with van der Waals surface area (Å²) in [7, 11) is 0. The summed E-state index contributed by atoms with van der Waals surface area (Å²) in [5, 5.41) is 3.16. The first kappa shape index (κ1) is 23.4. The molecule has 1 amide bonds. The molecule has 2 rings (SSSR count). The second-order valence-electron chi connectivity index (χ2n) is 7.91. The standard InChI is InChI=1S/C23H27ClN2O4/c1-15(26-16(2)27)6-7-17-9-11-21(25-14-17)29-20-10-8-18(12-19(20)24)13-22(28)30-23(3,4)5/h6-12,14-15H,13H2,1-5H3,(H,26,27)/b7-6+/t15-/m0/s1. The molecule has 7 heteroatoms. The van der Waals surface area contributed by atoms with Crippen molar-refractivity contribution in [2.75, 3.05) is 0 Å². The van der Waals surface area contributed by atoms with Gasteiger partial charge < -0.3 is 14.8 Å². The molecule has 1 aromatic heterocycles. The number of carbonyl (C=O) groups is 2. The van der Waals surface area contributed by atoms with Gasteiger partial charge >= 0.3 is 5.97 Å². The van der Waals surface area contributed by atoms with Gasteiger partial charge in [0.2, 0.25) is 11.8 Å². The largest absolute Gasteiger partial charge is 0.460 e. The topological polar surface area (TPSA) is 77.5 Å². The van der Waals surface area contributed by atoms with Crippen LogP contribution in [-0.2, 0) is 20.7 Å². The molecule has 0 unspecified atom stereocenters. The van der Waals surface area contributed by atoms with Crippen LogP contribution in [-0.4, -0.2) is 28.5 Å². The number of nitrogens with zero attached hydrogens (tertiary/aromatic N) is 1. The molecule has 2 aromatic rings. The number of hydrogen-bond acceptors (Lipinski definition) is 5. The van der Waals surface area contributed by atoms with E-state index in [-0.39, 0.29) is 24.3 Å². The quantitative estimate of drug-likeness (QED) is 0.629. The number of ether oxygens (including phenoxy) is 2. The number of hydrogen-bond donors (Lipinski definition) is 1. The fourth-order valence-electron chi connectivity index (χ4n) is 2.57. The minimum atomic E-state index is -0.529. The summed E-state index contributed by atoms with van der Waals surface area (Å²) in [6.07, 6.45) is 5.54. The normalized spacial score (nSPS) is 12.5. The zero-order chi connectivity index (χ0) is 22.3. The summed E-state index contributed by atoms with van der Waals surface area (Å²) in [6, 6.07) is 8.66. The maximum atomic E-state index is 12.0. The van der Waals surface area contributed by atoms with Gasteiger partial charge in [-0.3, -0.25) is 9.59 Å². The van der Waals surface area contributed by atoms with Gasteiger partial charge in [-0.25, -0.2) is 4.98 Å². The van der Waals surface area contributed by atoms with Gasteiger partial charge in [0.25, 0.3) is 0 Å². The van der Waals surface area contributed by atoms with Crippen LogP contribution in [0.25, 0.3) is 6.08 Å². The molecule has 30 heavy (non-hydrogen) atoms. The Morgan fingerprint density at radius 1 is 1.23 bits per heavy atom. The second kappa shape index (κ2) is 10.3. The van der Waals surface area contributed by atoms with E-state index in [4.69, 9.17) is 21.1 Å². The van der Waals surface area contributed by atoms with Crippen molar-refractivity contribution in [3.63, 3.8) is 0 Å². The predicted octanol–water partition coefficient (Wildman–Crippen LogP) is 4.95. The number of esters is 1. The van der Waals surface area contributed by atoms with E-state index < -0.39 is 5.60 Å². The summed E-state index contributed by atoms with van der Waals surface area (Å²) in [5.41, 5.74) is 1.08. The van der Waals surface area contributed by atoms with E-state index in [2.05, 4.69) is 10.3 Å². The van der Waals surface area contributed by atoms with Crippen LogP contribution in [0.15, 0.2) is 42.6 Å². The SMILES string of the molecule is CC(=O)N[C@@H](C)/C=C/c1ccc(Oc2ccc(CC(=O)OC(C)(C)C)cc2Cl)nc1. The average molecular weight is 431 g/mol. The number of pyridine rings is 1. The van der Waals surface area contributed by atoms with Crippen LogP contribution in [0.5, 0.6) is 11.6 Å². The molecule has 0 aliphatic rings. The van der Waals surface area contributed by atoms with E-state index in [0.717, 1.165) is 11.1 Å². The molecule has 0 aliphatic heterocycles. The van der Waals surface area contributed by atoms with Crippen molar-refractivity contribution in [1.82, 2.24) is 10.3 Å². The zero-order valence-electron chi connectivity index (χ0n) is 17.9. The Kier molecular flexibility index (Phi) is 8.00. The van der Waals surface area contributed by atoms with Crippen LogP contribution >= 0.6 is 11.6 Å². The molecular formula is C23H27ClN2O4. The van der Waals surface area contributed by atoms with Crippen molar-refractivity contribution < 1.29 is 19.1 Å². The minimum Gasteiger partial charge on any atom is -0.460 e. The highest BCUT2D eigenvalue weighted by Crippen LogP contribution is 2.29. The molecular weight excluding hydrogens is 404 g/mol. The van der Waals surface area contributed by atoms with Crippen molar-refractivity contribution >= 4 is 29.6 Å². The van der Waals surface area contributed by atoms with Gasteiger partial charge in [-0.15, -0.1) is 0 Å². The molecule has 160 valence electrons. The fourth-order valence-corrected chi connectivity index (χ4v) is 2.81. The molecule has 0 fully saturated rings. The van der Waals surface area contributed by atoms with Gasteiger partial charge in [0, 0.05) is 25.2 Å². The smallest absolute Gasteiger partial charge is 0.310 e. The number of halogens is 1. The third-order valence-corrected chi connectivity index (χ3v) is 4.04. The van der Waals surface area contributed by atoms with Crippen LogP contribution in [0.3, 0.4) is 0 Å². The van der Waals surface area contributed by atoms with Crippen LogP contribution in [0, 0.1) is 0 Å². The van der Waals surface area contributed by atoms with Crippen molar-refractivity contribution in [2.24, 2.45) is 0 Å². The number of benzene rings is 1. The predicted molar refractivity (Wildman–Crippen MR) is 118 cm³/mol. The van der Waals surface area contributed by atoms with Crippen LogP contribution < -0.4 is 10.1 Å². The third-order valence-electron chi connectivity index (χ3n) is 3.75. The molecule has 1 heterocycles. The van der Waals surface area contributed by atoms with Gasteiger partial charge in [-0.2, -0.15) is 0 Å². The highest BCUT2D eigenvalue weighted by Gasteiger charge is 2.17. The van der Waals surface area contributed by atoms with E-state index in [9.17, 15) is 9.59 Å². The lowest BCUT2D eigenvalue weighted by atomic mass is 10.1. The first-order valence-electron chi connectivity index (χ1n) is 9.61. The minimum absolute atomic E-state index is 0.0728. The average Bonchev–Trinajstić information content (AvgIpc) is 2.61. The van der Waals surface area contributed by atoms with E-state index in [0.29, 0.717) is 16.7 Å². The van der Waals surface area contributed by atoms with Crippen LogP contribution in [0.2, 0.25) is 5.02 Å². The Hall–Kier alpha value is -2.86. The van der Waals surface area contributed by atoms with E-state index in [1.807, 2.05) is 45.9 Å². The second-order valence-corrected chi connectivity index (χ2v) is 8.32. The number of aromatic nitrogens is 1. The highest BCUT2D eigenvalue weighted by molar-refractivity contribution is 6.32. The van der Waals surface area contributed by atoms with Crippen molar-refractivity contribution in [3.8, 4) is 11.6 Å². The zero-order valence-corrected chi connectivity index (χ0v) is 18.6. The van der Waals surface area contributed by atoms with Gasteiger partial charge in [-0.05, 0) is 57.0 Å². The fraction of sp³-hybridized carbons (Fsp3) is 0.348. The summed E-state index contributed by atoms with van der Waals surface area (Å²) in [6.45, 7) is 8.84. The lowest BCUT2D eigenvalue weighted by Crippen LogP contribution is -2.28.